The fourth-order valence-corrected chi connectivity index (χ4v) is 3.42. The van der Waals surface area contributed by atoms with Gasteiger partial charge in [-0.1, -0.05) is 0 Å². The second kappa shape index (κ2) is 4.68. The van der Waals surface area contributed by atoms with Crippen molar-refractivity contribution in [2.45, 2.75) is 31.8 Å². The van der Waals surface area contributed by atoms with Crippen LogP contribution in [-0.4, -0.2) is 38.0 Å². The lowest BCUT2D eigenvalue weighted by Gasteiger charge is -2.30. The van der Waals surface area contributed by atoms with Crippen LogP contribution in [0.2, 0.25) is 0 Å². The van der Waals surface area contributed by atoms with Crippen LogP contribution in [0, 0.1) is 0 Å². The molecule has 2 N–H and O–H groups in total. The standard InChI is InChI=1S/C13H15N3O3S/c1-13(12(18)19)4-2-5-16(13)7-9-14-8-3-6-20-10(8)11(17)15-9/h3,6H,2,4-5,7H2,1H3,(H,18,19)(H,14,15,17). The normalized spacial score (nSPS) is 23.4. The Morgan fingerprint density at radius 1 is 1.65 bits per heavy atom. The Morgan fingerprint density at radius 3 is 3.20 bits per heavy atom. The van der Waals surface area contributed by atoms with Gasteiger partial charge in [0.1, 0.15) is 16.1 Å². The van der Waals surface area contributed by atoms with E-state index in [-0.39, 0.29) is 5.56 Å². The molecule has 1 aliphatic heterocycles. The summed E-state index contributed by atoms with van der Waals surface area (Å²) in [5.74, 6) is -0.302. The number of hydrogen-bond donors (Lipinski definition) is 2. The predicted octanol–water partition coefficient (Wildman–Crippen LogP) is 1.42. The number of hydrogen-bond acceptors (Lipinski definition) is 5. The number of rotatable bonds is 3. The van der Waals surface area contributed by atoms with Gasteiger partial charge in [0.05, 0.1) is 12.1 Å². The van der Waals surface area contributed by atoms with Crippen LogP contribution in [0.3, 0.4) is 0 Å². The Kier molecular flexibility index (Phi) is 3.10. The Morgan fingerprint density at radius 2 is 2.45 bits per heavy atom. The maximum absolute atomic E-state index is 11.9. The van der Waals surface area contributed by atoms with Gasteiger partial charge >= 0.3 is 5.97 Å². The second-order valence-electron chi connectivity index (χ2n) is 5.25. The van der Waals surface area contributed by atoms with E-state index in [1.807, 2.05) is 10.3 Å². The van der Waals surface area contributed by atoms with Crippen LogP contribution in [0.1, 0.15) is 25.6 Å². The number of thiophene rings is 1. The van der Waals surface area contributed by atoms with E-state index in [0.29, 0.717) is 35.6 Å². The molecule has 1 fully saturated rings. The van der Waals surface area contributed by atoms with E-state index in [4.69, 9.17) is 0 Å². The summed E-state index contributed by atoms with van der Waals surface area (Å²) in [5.41, 5.74) is -0.358. The molecule has 0 aliphatic carbocycles. The summed E-state index contributed by atoms with van der Waals surface area (Å²) in [7, 11) is 0. The molecule has 2 aromatic heterocycles. The zero-order chi connectivity index (χ0) is 14.3. The molecule has 1 atom stereocenters. The number of aliphatic carboxylic acids is 1. The Balaban J connectivity index is 1.93. The summed E-state index contributed by atoms with van der Waals surface area (Å²) in [6.45, 7) is 2.78. The minimum absolute atomic E-state index is 0.156. The third-order valence-corrected chi connectivity index (χ3v) is 4.86. The average Bonchev–Trinajstić information content (AvgIpc) is 2.98. The highest BCUT2D eigenvalue weighted by molar-refractivity contribution is 7.17. The number of carbonyl (C=O) groups is 1. The summed E-state index contributed by atoms with van der Waals surface area (Å²) in [5, 5.41) is 11.2. The van der Waals surface area contributed by atoms with E-state index in [1.54, 1.807) is 13.0 Å². The predicted molar refractivity (Wildman–Crippen MR) is 75.9 cm³/mol. The molecule has 6 nitrogen and oxygen atoms in total. The van der Waals surface area contributed by atoms with E-state index in [0.717, 1.165) is 6.42 Å². The van der Waals surface area contributed by atoms with Gasteiger partial charge in [0.15, 0.2) is 0 Å². The molecule has 0 saturated carbocycles. The minimum atomic E-state index is -0.873. The van der Waals surface area contributed by atoms with E-state index >= 15 is 0 Å². The molecule has 106 valence electrons. The van der Waals surface area contributed by atoms with Gasteiger partial charge in [-0.3, -0.25) is 14.5 Å². The lowest BCUT2D eigenvalue weighted by Crippen LogP contribution is -2.47. The van der Waals surface area contributed by atoms with Crippen molar-refractivity contribution in [1.82, 2.24) is 14.9 Å². The Bertz CT molecular complexity index is 723. The van der Waals surface area contributed by atoms with E-state index in [9.17, 15) is 14.7 Å². The number of nitrogens with zero attached hydrogens (tertiary/aromatic N) is 2. The molecule has 1 unspecified atom stereocenters. The zero-order valence-corrected chi connectivity index (χ0v) is 11.9. The molecule has 2 aromatic rings. The van der Waals surface area contributed by atoms with E-state index in [2.05, 4.69) is 9.97 Å². The van der Waals surface area contributed by atoms with E-state index in [1.165, 1.54) is 11.3 Å². The molecule has 20 heavy (non-hydrogen) atoms. The van der Waals surface area contributed by atoms with Crippen molar-refractivity contribution in [3.05, 3.63) is 27.6 Å². The average molecular weight is 293 g/mol. The molecular weight excluding hydrogens is 278 g/mol. The molecule has 1 saturated heterocycles. The van der Waals surface area contributed by atoms with Crippen molar-refractivity contribution in [2.24, 2.45) is 0 Å². The first-order valence-electron chi connectivity index (χ1n) is 6.45. The molecule has 1 aliphatic rings. The summed E-state index contributed by atoms with van der Waals surface area (Å²) in [6, 6.07) is 1.80. The van der Waals surface area contributed by atoms with Gasteiger partial charge in [-0.2, -0.15) is 0 Å². The first-order valence-corrected chi connectivity index (χ1v) is 7.33. The number of carboxylic acid groups (broad SMARTS) is 1. The van der Waals surface area contributed by atoms with Crippen LogP contribution >= 0.6 is 11.3 Å². The smallest absolute Gasteiger partial charge is 0.323 e. The van der Waals surface area contributed by atoms with Crippen LogP contribution in [0.4, 0.5) is 0 Å². The van der Waals surface area contributed by atoms with Crippen molar-refractivity contribution in [3.63, 3.8) is 0 Å². The number of aromatic nitrogens is 2. The van der Waals surface area contributed by atoms with Gasteiger partial charge in [-0.15, -0.1) is 11.3 Å². The van der Waals surface area contributed by atoms with Crippen molar-refractivity contribution in [1.29, 1.82) is 0 Å². The summed E-state index contributed by atoms with van der Waals surface area (Å²) in [4.78, 5) is 32.4. The number of aromatic amines is 1. The molecule has 0 aromatic carbocycles. The number of likely N-dealkylation sites (tertiary alicyclic amines) is 1. The van der Waals surface area contributed by atoms with Crippen molar-refractivity contribution in [3.8, 4) is 0 Å². The van der Waals surface area contributed by atoms with Crippen LogP contribution in [0.5, 0.6) is 0 Å². The fraction of sp³-hybridized carbons (Fsp3) is 0.462. The van der Waals surface area contributed by atoms with Crippen molar-refractivity contribution in [2.75, 3.05) is 6.54 Å². The molecule has 0 bridgehead atoms. The SMILES string of the molecule is CC1(C(=O)O)CCCN1Cc1nc2ccsc2c(=O)[nH]1. The lowest BCUT2D eigenvalue weighted by atomic mass is 9.99. The number of nitrogens with one attached hydrogen (secondary N) is 1. The molecule has 0 amide bonds. The topological polar surface area (TPSA) is 86.3 Å². The van der Waals surface area contributed by atoms with Crippen LogP contribution in [0.15, 0.2) is 16.2 Å². The van der Waals surface area contributed by atoms with Crippen molar-refractivity contribution < 1.29 is 9.90 Å². The number of fused-ring (bicyclic) bond motifs is 1. The summed E-state index contributed by atoms with van der Waals surface area (Å²) >= 11 is 1.36. The van der Waals surface area contributed by atoms with Crippen LogP contribution in [-0.2, 0) is 11.3 Å². The summed E-state index contributed by atoms with van der Waals surface area (Å²) in [6.07, 6.45) is 1.46. The highest BCUT2D eigenvalue weighted by atomic mass is 32.1. The minimum Gasteiger partial charge on any atom is -0.480 e. The largest absolute Gasteiger partial charge is 0.480 e. The fourth-order valence-electron chi connectivity index (χ4n) is 2.69. The Labute approximate surface area is 119 Å². The monoisotopic (exact) mass is 293 g/mol. The molecular formula is C13H15N3O3S. The highest BCUT2D eigenvalue weighted by Gasteiger charge is 2.43. The lowest BCUT2D eigenvalue weighted by molar-refractivity contribution is -0.149. The first kappa shape index (κ1) is 13.3. The zero-order valence-electron chi connectivity index (χ0n) is 11.0. The van der Waals surface area contributed by atoms with Gasteiger partial charge in [0.2, 0.25) is 0 Å². The number of carboxylic acids is 1. The van der Waals surface area contributed by atoms with Gasteiger partial charge in [0, 0.05) is 0 Å². The van der Waals surface area contributed by atoms with Gasteiger partial charge in [0.25, 0.3) is 5.56 Å². The third kappa shape index (κ3) is 2.03. The summed E-state index contributed by atoms with van der Waals surface area (Å²) < 4.78 is 0.608. The highest BCUT2D eigenvalue weighted by Crippen LogP contribution is 2.30. The molecule has 0 spiro atoms. The van der Waals surface area contributed by atoms with Gasteiger partial charge < -0.3 is 10.1 Å². The maximum atomic E-state index is 11.9. The molecule has 7 heteroatoms. The maximum Gasteiger partial charge on any atom is 0.323 e. The first-order chi connectivity index (χ1) is 9.50. The molecule has 0 radical (unpaired) electrons. The van der Waals surface area contributed by atoms with Crippen molar-refractivity contribution >= 4 is 27.5 Å². The third-order valence-electron chi connectivity index (χ3n) is 3.95. The van der Waals surface area contributed by atoms with Crippen LogP contribution < -0.4 is 5.56 Å². The van der Waals surface area contributed by atoms with Crippen LogP contribution in [0.25, 0.3) is 10.2 Å². The second-order valence-corrected chi connectivity index (χ2v) is 6.17. The molecule has 3 heterocycles. The van der Waals surface area contributed by atoms with E-state index < -0.39 is 11.5 Å². The quantitative estimate of drug-likeness (QED) is 0.894. The van der Waals surface area contributed by atoms with Gasteiger partial charge in [-0.25, -0.2) is 4.98 Å². The molecule has 3 rings (SSSR count). The Hall–Kier alpha value is -1.73. The number of H-pyrrole nitrogens is 1. The van der Waals surface area contributed by atoms with Gasteiger partial charge in [-0.05, 0) is 37.8 Å².